The van der Waals surface area contributed by atoms with Crippen molar-refractivity contribution in [2.24, 2.45) is 4.99 Å². The number of anilines is 2. The number of nitrogens with zero attached hydrogens (tertiary/aromatic N) is 2. The van der Waals surface area contributed by atoms with Gasteiger partial charge in [-0.15, -0.1) is 0 Å². The lowest BCUT2D eigenvalue weighted by Gasteiger charge is -2.19. The fourth-order valence-electron chi connectivity index (χ4n) is 2.72. The van der Waals surface area contributed by atoms with Crippen LogP contribution in [0.3, 0.4) is 0 Å². The SMILES string of the molecule is C[C@H]1N=C(c2ccccc2)c2cc(NC=O)ccc2N(C)C1=O. The molecule has 116 valence electrons. The molecule has 0 fully saturated rings. The highest BCUT2D eigenvalue weighted by Crippen LogP contribution is 2.30. The lowest BCUT2D eigenvalue weighted by Crippen LogP contribution is -2.32. The Morgan fingerprint density at radius 3 is 2.61 bits per heavy atom. The molecule has 0 aliphatic carbocycles. The van der Waals surface area contributed by atoms with Gasteiger partial charge in [0, 0.05) is 23.9 Å². The Balaban J connectivity index is 2.24. The molecule has 0 spiro atoms. The first-order valence-electron chi connectivity index (χ1n) is 7.37. The third kappa shape index (κ3) is 2.73. The minimum atomic E-state index is -0.468. The van der Waals surface area contributed by atoms with Gasteiger partial charge in [0.25, 0.3) is 5.91 Å². The Hall–Kier alpha value is -2.95. The summed E-state index contributed by atoms with van der Waals surface area (Å²) in [6, 6.07) is 14.7. The summed E-state index contributed by atoms with van der Waals surface area (Å²) >= 11 is 0. The summed E-state index contributed by atoms with van der Waals surface area (Å²) in [6.45, 7) is 1.79. The highest BCUT2D eigenvalue weighted by atomic mass is 16.2. The van der Waals surface area contributed by atoms with Gasteiger partial charge in [-0.3, -0.25) is 14.6 Å². The number of fused-ring (bicyclic) bond motifs is 1. The fourth-order valence-corrected chi connectivity index (χ4v) is 2.72. The van der Waals surface area contributed by atoms with Crippen LogP contribution < -0.4 is 10.2 Å². The molecular weight excluding hydrogens is 290 g/mol. The van der Waals surface area contributed by atoms with E-state index in [-0.39, 0.29) is 5.91 Å². The Labute approximate surface area is 134 Å². The lowest BCUT2D eigenvalue weighted by atomic mass is 9.99. The Morgan fingerprint density at radius 2 is 1.91 bits per heavy atom. The lowest BCUT2D eigenvalue weighted by molar-refractivity contribution is -0.119. The number of carbonyl (C=O) groups excluding carboxylic acids is 2. The van der Waals surface area contributed by atoms with E-state index in [0.29, 0.717) is 12.1 Å². The maximum atomic E-state index is 12.4. The molecule has 1 aliphatic heterocycles. The van der Waals surface area contributed by atoms with Crippen molar-refractivity contribution in [2.75, 3.05) is 17.3 Å². The summed E-state index contributed by atoms with van der Waals surface area (Å²) in [6.07, 6.45) is 0.634. The van der Waals surface area contributed by atoms with Gasteiger partial charge in [-0.05, 0) is 25.1 Å². The second-order valence-electron chi connectivity index (χ2n) is 5.41. The zero-order valence-electron chi connectivity index (χ0n) is 13.0. The topological polar surface area (TPSA) is 61.8 Å². The van der Waals surface area contributed by atoms with E-state index >= 15 is 0 Å². The van der Waals surface area contributed by atoms with Crippen LogP contribution in [0, 0.1) is 0 Å². The van der Waals surface area contributed by atoms with Gasteiger partial charge in [0.2, 0.25) is 6.41 Å². The van der Waals surface area contributed by atoms with E-state index in [2.05, 4.69) is 10.3 Å². The molecule has 0 aromatic heterocycles. The van der Waals surface area contributed by atoms with Gasteiger partial charge in [-0.1, -0.05) is 30.3 Å². The molecule has 0 radical (unpaired) electrons. The van der Waals surface area contributed by atoms with Crippen LogP contribution in [0.2, 0.25) is 0 Å². The van der Waals surface area contributed by atoms with Gasteiger partial charge in [0.1, 0.15) is 6.04 Å². The first-order chi connectivity index (χ1) is 11.1. The highest BCUT2D eigenvalue weighted by Gasteiger charge is 2.27. The molecule has 0 bridgehead atoms. The summed E-state index contributed by atoms with van der Waals surface area (Å²) < 4.78 is 0. The number of hydrogen-bond donors (Lipinski definition) is 1. The zero-order valence-corrected chi connectivity index (χ0v) is 13.0. The van der Waals surface area contributed by atoms with Crippen molar-refractivity contribution in [3.05, 3.63) is 59.7 Å². The van der Waals surface area contributed by atoms with Crippen molar-refractivity contribution in [3.63, 3.8) is 0 Å². The Kier molecular flexibility index (Phi) is 3.93. The molecule has 1 aliphatic rings. The van der Waals surface area contributed by atoms with Crippen LogP contribution in [0.5, 0.6) is 0 Å². The van der Waals surface area contributed by atoms with Gasteiger partial charge >= 0.3 is 0 Å². The van der Waals surface area contributed by atoms with Gasteiger partial charge in [-0.2, -0.15) is 0 Å². The molecule has 1 atom stereocenters. The Bertz CT molecular complexity index is 784. The van der Waals surface area contributed by atoms with E-state index in [9.17, 15) is 9.59 Å². The molecule has 2 aromatic carbocycles. The molecule has 0 unspecified atom stereocenters. The number of aliphatic imine (C=N–C) groups is 1. The maximum absolute atomic E-state index is 12.4. The van der Waals surface area contributed by atoms with Crippen LogP contribution in [0.15, 0.2) is 53.5 Å². The van der Waals surface area contributed by atoms with Crippen LogP contribution in [0.1, 0.15) is 18.1 Å². The highest BCUT2D eigenvalue weighted by molar-refractivity contribution is 6.20. The number of carbonyl (C=O) groups is 2. The van der Waals surface area contributed by atoms with Gasteiger partial charge in [-0.25, -0.2) is 0 Å². The van der Waals surface area contributed by atoms with E-state index in [4.69, 9.17) is 0 Å². The second-order valence-corrected chi connectivity index (χ2v) is 5.41. The predicted octanol–water partition coefficient (Wildman–Crippen LogP) is 2.46. The van der Waals surface area contributed by atoms with Gasteiger partial charge < -0.3 is 10.2 Å². The summed E-state index contributed by atoms with van der Waals surface area (Å²) in [7, 11) is 1.74. The summed E-state index contributed by atoms with van der Waals surface area (Å²) in [4.78, 5) is 29.4. The fraction of sp³-hybridized carbons (Fsp3) is 0.167. The van der Waals surface area contributed by atoms with Crippen molar-refractivity contribution in [3.8, 4) is 0 Å². The molecule has 2 amide bonds. The smallest absolute Gasteiger partial charge is 0.251 e. The molecular formula is C18H17N3O2. The maximum Gasteiger partial charge on any atom is 0.251 e. The molecule has 23 heavy (non-hydrogen) atoms. The van der Waals surface area contributed by atoms with Crippen molar-refractivity contribution >= 4 is 29.4 Å². The standard InChI is InChI=1S/C18H17N3O2/c1-12-18(23)21(2)16-9-8-14(19-11-22)10-15(16)17(20-12)13-6-4-3-5-7-13/h3-12H,1-2H3,(H,19,22)/t12-/m1/s1. The van der Waals surface area contributed by atoms with E-state index in [1.54, 1.807) is 24.9 Å². The van der Waals surface area contributed by atoms with E-state index < -0.39 is 6.04 Å². The number of benzodiazepines with no additional fused rings is 1. The zero-order chi connectivity index (χ0) is 16.4. The molecule has 3 rings (SSSR count). The molecule has 5 heteroatoms. The molecule has 5 nitrogen and oxygen atoms in total. The number of rotatable bonds is 3. The summed E-state index contributed by atoms with van der Waals surface area (Å²) in [5.74, 6) is -0.0618. The molecule has 0 saturated heterocycles. The van der Waals surface area contributed by atoms with Gasteiger partial charge in [0.05, 0.1) is 11.4 Å². The predicted molar refractivity (Wildman–Crippen MR) is 91.1 cm³/mol. The van der Waals surface area contributed by atoms with Crippen molar-refractivity contribution in [1.82, 2.24) is 0 Å². The first kappa shape index (κ1) is 15.0. The second kappa shape index (κ2) is 6.04. The Morgan fingerprint density at radius 1 is 1.17 bits per heavy atom. The van der Waals surface area contributed by atoms with Crippen molar-refractivity contribution in [1.29, 1.82) is 0 Å². The summed E-state index contributed by atoms with van der Waals surface area (Å²) in [5, 5.41) is 2.65. The van der Waals surface area contributed by atoms with E-state index in [1.807, 2.05) is 42.5 Å². The monoisotopic (exact) mass is 307 g/mol. The quantitative estimate of drug-likeness (QED) is 0.885. The number of hydrogen-bond acceptors (Lipinski definition) is 3. The van der Waals surface area contributed by atoms with Crippen LogP contribution >= 0.6 is 0 Å². The average molecular weight is 307 g/mol. The van der Waals surface area contributed by atoms with Crippen LogP contribution in [-0.2, 0) is 9.59 Å². The van der Waals surface area contributed by atoms with E-state index in [0.717, 1.165) is 22.5 Å². The van der Waals surface area contributed by atoms with Crippen molar-refractivity contribution < 1.29 is 9.59 Å². The molecule has 1 heterocycles. The number of amides is 2. The van der Waals surface area contributed by atoms with Crippen LogP contribution in [-0.4, -0.2) is 31.1 Å². The van der Waals surface area contributed by atoms with E-state index in [1.165, 1.54) is 0 Å². The van der Waals surface area contributed by atoms with Crippen molar-refractivity contribution in [2.45, 2.75) is 13.0 Å². The number of benzene rings is 2. The van der Waals surface area contributed by atoms with Crippen LogP contribution in [0.4, 0.5) is 11.4 Å². The molecule has 0 saturated carbocycles. The number of likely N-dealkylation sites (N-methyl/N-ethyl adjacent to an activating group) is 1. The number of nitrogens with one attached hydrogen (secondary N) is 1. The third-order valence-electron chi connectivity index (χ3n) is 3.90. The summed E-state index contributed by atoms with van der Waals surface area (Å²) in [5.41, 5.74) is 3.95. The average Bonchev–Trinajstić information content (AvgIpc) is 2.67. The largest absolute Gasteiger partial charge is 0.329 e. The van der Waals surface area contributed by atoms with Gasteiger partial charge in [0.15, 0.2) is 0 Å². The molecule has 1 N–H and O–H groups in total. The first-order valence-corrected chi connectivity index (χ1v) is 7.37. The minimum absolute atomic E-state index is 0.0618. The normalized spacial score (nSPS) is 17.1. The third-order valence-corrected chi connectivity index (χ3v) is 3.90. The minimum Gasteiger partial charge on any atom is -0.329 e. The van der Waals surface area contributed by atoms with Crippen LogP contribution in [0.25, 0.3) is 0 Å². The molecule has 2 aromatic rings.